The van der Waals surface area contributed by atoms with E-state index in [4.69, 9.17) is 33.5 Å². The van der Waals surface area contributed by atoms with Crippen LogP contribution in [0.2, 0.25) is 8.67 Å². The van der Waals surface area contributed by atoms with Crippen LogP contribution < -0.4 is 5.73 Å². The van der Waals surface area contributed by atoms with Gasteiger partial charge < -0.3 is 10.3 Å². The number of hydrogen-bond donors (Lipinski definition) is 1. The molecule has 19 heavy (non-hydrogen) atoms. The largest absolute Gasteiger partial charge is 0.380 e. The maximum absolute atomic E-state index is 6.13. The molecule has 0 amide bonds. The van der Waals surface area contributed by atoms with Crippen molar-refractivity contribution >= 4 is 40.4 Å². The van der Waals surface area contributed by atoms with Gasteiger partial charge in [-0.15, -0.1) is 11.3 Å². The van der Waals surface area contributed by atoms with E-state index in [9.17, 15) is 0 Å². The molecule has 0 saturated carbocycles. The van der Waals surface area contributed by atoms with Gasteiger partial charge in [0.25, 0.3) is 0 Å². The fourth-order valence-corrected chi connectivity index (χ4v) is 3.20. The monoisotopic (exact) mass is 311 g/mol. The van der Waals surface area contributed by atoms with Crippen molar-refractivity contribution in [3.63, 3.8) is 0 Å². The summed E-state index contributed by atoms with van der Waals surface area (Å²) in [5.74, 6) is 0.747. The molecule has 3 aromatic rings. The van der Waals surface area contributed by atoms with E-state index >= 15 is 0 Å². The topological polar surface area (TPSA) is 64.9 Å². The average Bonchev–Trinajstić information content (AvgIpc) is 2.93. The Hall–Kier alpha value is -1.56. The third-order valence-corrected chi connectivity index (χ3v) is 4.03. The zero-order valence-corrected chi connectivity index (χ0v) is 11.8. The first-order valence-electron chi connectivity index (χ1n) is 5.28. The van der Waals surface area contributed by atoms with Gasteiger partial charge in [-0.3, -0.25) is 4.98 Å². The van der Waals surface area contributed by atoms with E-state index in [0.29, 0.717) is 31.3 Å². The SMILES string of the molecule is Nc1noc(-c2cc(Cl)sc2Cl)c1-c1ccccn1. The molecule has 0 unspecified atom stereocenters. The first-order chi connectivity index (χ1) is 9.16. The summed E-state index contributed by atoms with van der Waals surface area (Å²) in [5.41, 5.74) is 7.82. The zero-order valence-electron chi connectivity index (χ0n) is 9.43. The smallest absolute Gasteiger partial charge is 0.180 e. The molecule has 96 valence electrons. The summed E-state index contributed by atoms with van der Waals surface area (Å²) >= 11 is 13.3. The number of halogens is 2. The summed E-state index contributed by atoms with van der Waals surface area (Å²) in [7, 11) is 0. The Morgan fingerprint density at radius 1 is 1.26 bits per heavy atom. The van der Waals surface area contributed by atoms with Gasteiger partial charge in [-0.2, -0.15) is 0 Å². The Morgan fingerprint density at radius 3 is 2.74 bits per heavy atom. The summed E-state index contributed by atoms with van der Waals surface area (Å²) < 4.78 is 6.38. The number of nitrogens with zero attached hydrogens (tertiary/aromatic N) is 2. The van der Waals surface area contributed by atoms with Gasteiger partial charge in [0, 0.05) is 6.20 Å². The van der Waals surface area contributed by atoms with Crippen molar-refractivity contribution in [1.29, 1.82) is 0 Å². The van der Waals surface area contributed by atoms with E-state index in [1.165, 1.54) is 11.3 Å². The van der Waals surface area contributed by atoms with Gasteiger partial charge in [0.1, 0.15) is 4.34 Å². The van der Waals surface area contributed by atoms with Crippen LogP contribution >= 0.6 is 34.5 Å². The van der Waals surface area contributed by atoms with Crippen molar-refractivity contribution in [2.75, 3.05) is 5.73 Å². The fraction of sp³-hybridized carbons (Fsp3) is 0. The minimum Gasteiger partial charge on any atom is -0.380 e. The van der Waals surface area contributed by atoms with Crippen LogP contribution in [0.1, 0.15) is 0 Å². The van der Waals surface area contributed by atoms with Gasteiger partial charge in [-0.05, 0) is 18.2 Å². The predicted molar refractivity (Wildman–Crippen MR) is 77.5 cm³/mol. The molecule has 4 nitrogen and oxygen atoms in total. The molecule has 7 heteroatoms. The summed E-state index contributed by atoms with van der Waals surface area (Å²) in [6.07, 6.45) is 1.67. The molecule has 3 rings (SSSR count). The fourth-order valence-electron chi connectivity index (χ4n) is 1.74. The Bertz CT molecular complexity index is 724. The molecule has 0 aliphatic rings. The van der Waals surface area contributed by atoms with Crippen molar-refractivity contribution in [3.05, 3.63) is 39.1 Å². The highest BCUT2D eigenvalue weighted by atomic mass is 35.5. The van der Waals surface area contributed by atoms with Gasteiger partial charge >= 0.3 is 0 Å². The number of pyridine rings is 1. The van der Waals surface area contributed by atoms with Gasteiger partial charge in [-0.25, -0.2) is 0 Å². The maximum Gasteiger partial charge on any atom is 0.180 e. The maximum atomic E-state index is 6.13. The van der Waals surface area contributed by atoms with Crippen molar-refractivity contribution in [2.45, 2.75) is 0 Å². The van der Waals surface area contributed by atoms with Crippen molar-refractivity contribution in [1.82, 2.24) is 10.1 Å². The second-order valence-corrected chi connectivity index (χ2v) is 6.01. The molecule has 0 saturated heterocycles. The van der Waals surface area contributed by atoms with Crippen LogP contribution in [-0.2, 0) is 0 Å². The third-order valence-electron chi connectivity index (χ3n) is 2.54. The second kappa shape index (κ2) is 4.85. The first-order valence-corrected chi connectivity index (χ1v) is 6.86. The first kappa shape index (κ1) is 12.5. The lowest BCUT2D eigenvalue weighted by molar-refractivity contribution is 0.436. The molecule has 0 fully saturated rings. The second-order valence-electron chi connectivity index (χ2n) is 3.72. The minimum absolute atomic E-state index is 0.270. The van der Waals surface area contributed by atoms with Crippen LogP contribution in [0.4, 0.5) is 5.82 Å². The van der Waals surface area contributed by atoms with Gasteiger partial charge in [0.15, 0.2) is 11.6 Å². The molecule has 0 aromatic carbocycles. The standard InChI is InChI=1S/C12H7Cl2N3OS/c13-8-5-6(11(14)19-8)10-9(12(15)17-18-10)7-3-1-2-4-16-7/h1-5H,(H2,15,17). The molecule has 3 aromatic heterocycles. The van der Waals surface area contributed by atoms with Crippen LogP contribution in [0.5, 0.6) is 0 Å². The van der Waals surface area contributed by atoms with E-state index in [-0.39, 0.29) is 5.82 Å². The van der Waals surface area contributed by atoms with Crippen LogP contribution in [0.25, 0.3) is 22.6 Å². The van der Waals surface area contributed by atoms with Crippen LogP contribution in [0, 0.1) is 0 Å². The lowest BCUT2D eigenvalue weighted by Gasteiger charge is -2.00. The van der Waals surface area contributed by atoms with E-state index < -0.39 is 0 Å². The number of nitrogen functional groups attached to an aromatic ring is 1. The van der Waals surface area contributed by atoms with Gasteiger partial charge in [0.2, 0.25) is 0 Å². The number of anilines is 1. The highest BCUT2D eigenvalue weighted by Crippen LogP contribution is 2.43. The number of rotatable bonds is 2. The molecule has 0 radical (unpaired) electrons. The van der Waals surface area contributed by atoms with E-state index in [1.807, 2.05) is 18.2 Å². The summed E-state index contributed by atoms with van der Waals surface area (Å²) in [6, 6.07) is 7.23. The molecule has 0 bridgehead atoms. The zero-order chi connectivity index (χ0) is 13.4. The van der Waals surface area contributed by atoms with E-state index in [1.54, 1.807) is 12.3 Å². The van der Waals surface area contributed by atoms with Gasteiger partial charge in [0.05, 0.1) is 21.2 Å². The van der Waals surface area contributed by atoms with Crippen molar-refractivity contribution < 1.29 is 4.52 Å². The quantitative estimate of drug-likeness (QED) is 0.764. The molecular weight excluding hydrogens is 305 g/mol. The summed E-state index contributed by atoms with van der Waals surface area (Å²) in [6.45, 7) is 0. The van der Waals surface area contributed by atoms with E-state index in [2.05, 4.69) is 10.1 Å². The van der Waals surface area contributed by atoms with Crippen LogP contribution in [-0.4, -0.2) is 10.1 Å². The lowest BCUT2D eigenvalue weighted by Crippen LogP contribution is -1.90. The number of thiophene rings is 1. The molecule has 2 N–H and O–H groups in total. The van der Waals surface area contributed by atoms with Crippen LogP contribution in [0.15, 0.2) is 35.0 Å². The Labute approximate surface area is 122 Å². The van der Waals surface area contributed by atoms with Crippen molar-refractivity contribution in [3.8, 4) is 22.6 Å². The number of aromatic nitrogens is 2. The minimum atomic E-state index is 0.270. The predicted octanol–water partition coefficient (Wildman–Crippen LogP) is 4.35. The molecule has 3 heterocycles. The lowest BCUT2D eigenvalue weighted by atomic mass is 10.1. The van der Waals surface area contributed by atoms with Crippen LogP contribution in [0.3, 0.4) is 0 Å². The normalized spacial score (nSPS) is 10.8. The number of nitrogens with two attached hydrogens (primary N) is 1. The van der Waals surface area contributed by atoms with Crippen molar-refractivity contribution in [2.24, 2.45) is 0 Å². The molecule has 0 atom stereocenters. The van der Waals surface area contributed by atoms with Gasteiger partial charge in [-0.1, -0.05) is 34.4 Å². The molecular formula is C12H7Cl2N3OS. The molecule has 0 aliphatic heterocycles. The summed E-state index contributed by atoms with van der Waals surface area (Å²) in [4.78, 5) is 4.25. The highest BCUT2D eigenvalue weighted by Gasteiger charge is 2.22. The molecule has 0 aliphatic carbocycles. The molecule has 0 spiro atoms. The third kappa shape index (κ3) is 2.20. The summed E-state index contributed by atoms with van der Waals surface area (Å²) in [5, 5.41) is 3.79. The Kier molecular flexibility index (Phi) is 3.18. The highest BCUT2D eigenvalue weighted by molar-refractivity contribution is 7.20. The average molecular weight is 312 g/mol. The Morgan fingerprint density at radius 2 is 2.11 bits per heavy atom. The van der Waals surface area contributed by atoms with E-state index in [0.717, 1.165) is 0 Å². The number of hydrogen-bond acceptors (Lipinski definition) is 5. The Balaban J connectivity index is 2.22.